The molecule has 0 aromatic carbocycles. The van der Waals surface area contributed by atoms with Gasteiger partial charge in [0.1, 0.15) is 17.5 Å². The predicted molar refractivity (Wildman–Crippen MR) is 82.6 cm³/mol. The van der Waals surface area contributed by atoms with Gasteiger partial charge in [-0.25, -0.2) is 24.2 Å². The van der Waals surface area contributed by atoms with Gasteiger partial charge in [0.15, 0.2) is 0 Å². The fourth-order valence-electron chi connectivity index (χ4n) is 2.39. The zero-order valence-corrected chi connectivity index (χ0v) is 13.4. The molecule has 2 heterocycles. The minimum Gasteiger partial charge on any atom is -0.354 e. The van der Waals surface area contributed by atoms with Crippen LogP contribution < -0.4 is 16.2 Å². The molecule has 1 aliphatic heterocycles. The van der Waals surface area contributed by atoms with Gasteiger partial charge in [0, 0.05) is 38.2 Å². The van der Waals surface area contributed by atoms with Crippen LogP contribution in [0.2, 0.25) is 0 Å². The van der Waals surface area contributed by atoms with Gasteiger partial charge in [-0.2, -0.15) is 4.31 Å². The lowest BCUT2D eigenvalue weighted by molar-refractivity contribution is 0.386. The minimum absolute atomic E-state index is 0.467. The van der Waals surface area contributed by atoms with Crippen LogP contribution in [0, 0.1) is 6.92 Å². The zero-order chi connectivity index (χ0) is 15.6. The highest BCUT2D eigenvalue weighted by Gasteiger charge is 2.25. The highest BCUT2D eigenvalue weighted by atomic mass is 32.2. The van der Waals surface area contributed by atoms with Crippen molar-refractivity contribution in [1.29, 1.82) is 0 Å². The predicted octanol–water partition coefficient (Wildman–Crippen LogP) is -0.285. The number of hydrazine groups is 1. The summed E-state index contributed by atoms with van der Waals surface area (Å²) in [5.41, 5.74) is 3.48. The number of piperazine rings is 1. The summed E-state index contributed by atoms with van der Waals surface area (Å²) in [5, 5.41) is 0. The first kappa shape index (κ1) is 15.9. The average Bonchev–Trinajstić information content (AvgIpc) is 2.47. The first-order chi connectivity index (χ1) is 9.86. The highest BCUT2D eigenvalue weighted by molar-refractivity contribution is 7.88. The monoisotopic (exact) mass is 314 g/mol. The summed E-state index contributed by atoms with van der Waals surface area (Å²) in [6, 6.07) is 0. The van der Waals surface area contributed by atoms with E-state index in [2.05, 4.69) is 20.3 Å². The number of aromatic nitrogens is 2. The van der Waals surface area contributed by atoms with Crippen LogP contribution in [-0.2, 0) is 16.4 Å². The number of nitrogens with zero attached hydrogens (tertiary/aromatic N) is 4. The quantitative estimate of drug-likeness (QED) is 0.581. The molecule has 0 aliphatic carbocycles. The summed E-state index contributed by atoms with van der Waals surface area (Å²) in [6.07, 6.45) is 1.95. The van der Waals surface area contributed by atoms with Gasteiger partial charge in [-0.05, 0) is 6.92 Å². The molecular formula is C12H22N6O2S. The summed E-state index contributed by atoms with van der Waals surface area (Å²) in [6.45, 7) is 6.05. The van der Waals surface area contributed by atoms with Gasteiger partial charge in [0.2, 0.25) is 10.0 Å². The Bertz CT molecular complexity index is 610. The molecule has 9 heteroatoms. The van der Waals surface area contributed by atoms with Crippen LogP contribution in [-0.4, -0.2) is 55.1 Å². The smallest absolute Gasteiger partial charge is 0.211 e. The Morgan fingerprint density at radius 3 is 2.33 bits per heavy atom. The third kappa shape index (κ3) is 3.42. The van der Waals surface area contributed by atoms with Crippen molar-refractivity contribution in [3.63, 3.8) is 0 Å². The Balaban J connectivity index is 2.24. The van der Waals surface area contributed by atoms with Crippen LogP contribution >= 0.6 is 0 Å². The molecule has 1 fully saturated rings. The van der Waals surface area contributed by atoms with Crippen LogP contribution in [0.25, 0.3) is 0 Å². The summed E-state index contributed by atoms with van der Waals surface area (Å²) < 4.78 is 24.6. The maximum atomic E-state index is 11.6. The third-order valence-electron chi connectivity index (χ3n) is 3.63. The molecule has 2 rings (SSSR count). The fraction of sp³-hybridized carbons (Fsp3) is 0.667. The Morgan fingerprint density at radius 1 is 1.24 bits per heavy atom. The van der Waals surface area contributed by atoms with Crippen LogP contribution in [0.15, 0.2) is 0 Å². The van der Waals surface area contributed by atoms with Crippen LogP contribution in [0.5, 0.6) is 0 Å². The molecule has 3 N–H and O–H groups in total. The molecule has 0 radical (unpaired) electrons. The summed E-state index contributed by atoms with van der Waals surface area (Å²) in [4.78, 5) is 11.0. The van der Waals surface area contributed by atoms with E-state index in [1.54, 1.807) is 0 Å². The first-order valence-electron chi connectivity index (χ1n) is 6.91. The molecule has 0 unspecified atom stereocenters. The Hall–Kier alpha value is -1.45. The van der Waals surface area contributed by atoms with E-state index in [-0.39, 0.29) is 0 Å². The molecule has 0 spiro atoms. The van der Waals surface area contributed by atoms with Crippen molar-refractivity contribution in [3.05, 3.63) is 11.4 Å². The fourth-order valence-corrected chi connectivity index (χ4v) is 3.21. The Labute approximate surface area is 125 Å². The van der Waals surface area contributed by atoms with Crippen molar-refractivity contribution in [2.45, 2.75) is 20.3 Å². The number of hydrogen-bond acceptors (Lipinski definition) is 7. The summed E-state index contributed by atoms with van der Waals surface area (Å²) >= 11 is 0. The second-order valence-electron chi connectivity index (χ2n) is 5.08. The Morgan fingerprint density at radius 2 is 1.86 bits per heavy atom. The van der Waals surface area contributed by atoms with E-state index in [1.807, 2.05) is 13.8 Å². The number of aryl methyl sites for hydroxylation is 1. The van der Waals surface area contributed by atoms with Crippen molar-refractivity contribution in [2.75, 3.05) is 42.8 Å². The maximum absolute atomic E-state index is 11.6. The number of nitrogen functional groups attached to an aromatic ring is 1. The van der Waals surface area contributed by atoms with Crippen molar-refractivity contribution in [2.24, 2.45) is 5.84 Å². The SMILES string of the molecule is CCc1nc(NN)c(C)c(N2CCN(S(C)(=O)=O)CC2)n1. The normalized spacial score (nSPS) is 17.0. The topological polar surface area (TPSA) is 104 Å². The van der Waals surface area contributed by atoms with E-state index in [1.165, 1.54) is 10.6 Å². The number of rotatable bonds is 4. The lowest BCUT2D eigenvalue weighted by Crippen LogP contribution is -2.48. The Kier molecular flexibility index (Phi) is 4.64. The molecule has 1 aromatic rings. The zero-order valence-electron chi connectivity index (χ0n) is 12.6. The van der Waals surface area contributed by atoms with Gasteiger partial charge in [0.05, 0.1) is 6.26 Å². The van der Waals surface area contributed by atoms with Crippen LogP contribution in [0.1, 0.15) is 18.3 Å². The van der Waals surface area contributed by atoms with E-state index in [0.717, 1.165) is 11.4 Å². The van der Waals surface area contributed by atoms with Crippen molar-refractivity contribution in [3.8, 4) is 0 Å². The molecule has 0 bridgehead atoms. The van der Waals surface area contributed by atoms with E-state index < -0.39 is 10.0 Å². The summed E-state index contributed by atoms with van der Waals surface area (Å²) in [5.74, 6) is 7.66. The molecule has 0 atom stereocenters. The molecule has 0 amide bonds. The van der Waals surface area contributed by atoms with E-state index in [9.17, 15) is 8.42 Å². The number of hydrogen-bond donors (Lipinski definition) is 2. The van der Waals surface area contributed by atoms with Crippen LogP contribution in [0.4, 0.5) is 11.6 Å². The molecule has 1 aromatic heterocycles. The molecular weight excluding hydrogens is 292 g/mol. The maximum Gasteiger partial charge on any atom is 0.211 e. The van der Waals surface area contributed by atoms with Crippen molar-refractivity contribution < 1.29 is 8.42 Å². The molecule has 1 aliphatic rings. The van der Waals surface area contributed by atoms with E-state index in [0.29, 0.717) is 44.2 Å². The van der Waals surface area contributed by atoms with Crippen LogP contribution in [0.3, 0.4) is 0 Å². The van der Waals surface area contributed by atoms with Gasteiger partial charge in [-0.1, -0.05) is 6.92 Å². The number of nitrogens with two attached hydrogens (primary N) is 1. The van der Waals surface area contributed by atoms with E-state index >= 15 is 0 Å². The second kappa shape index (κ2) is 6.12. The minimum atomic E-state index is -3.13. The number of anilines is 2. The van der Waals surface area contributed by atoms with E-state index in [4.69, 9.17) is 5.84 Å². The largest absolute Gasteiger partial charge is 0.354 e. The molecule has 0 saturated carbocycles. The standard InChI is InChI=1S/C12H22N6O2S/c1-4-10-14-11(16-13)9(2)12(15-10)17-5-7-18(8-6-17)21(3,19)20/h4-8,13H2,1-3H3,(H,14,15,16). The molecule has 1 saturated heterocycles. The molecule has 8 nitrogen and oxygen atoms in total. The van der Waals surface area contributed by atoms with Gasteiger partial charge in [-0.3, -0.25) is 0 Å². The van der Waals surface area contributed by atoms with Gasteiger partial charge in [-0.15, -0.1) is 0 Å². The molecule has 118 valence electrons. The average molecular weight is 314 g/mol. The third-order valence-corrected chi connectivity index (χ3v) is 4.93. The number of sulfonamides is 1. The second-order valence-corrected chi connectivity index (χ2v) is 7.07. The number of nitrogens with one attached hydrogen (secondary N) is 1. The van der Waals surface area contributed by atoms with Gasteiger partial charge >= 0.3 is 0 Å². The lowest BCUT2D eigenvalue weighted by Gasteiger charge is -2.35. The van der Waals surface area contributed by atoms with Gasteiger partial charge in [0.25, 0.3) is 0 Å². The van der Waals surface area contributed by atoms with Crippen molar-refractivity contribution >= 4 is 21.7 Å². The summed E-state index contributed by atoms with van der Waals surface area (Å²) in [7, 11) is -3.13. The van der Waals surface area contributed by atoms with Crippen molar-refractivity contribution in [1.82, 2.24) is 14.3 Å². The highest BCUT2D eigenvalue weighted by Crippen LogP contribution is 2.24. The lowest BCUT2D eigenvalue weighted by atomic mass is 10.2. The first-order valence-corrected chi connectivity index (χ1v) is 8.75. The van der Waals surface area contributed by atoms with Gasteiger partial charge < -0.3 is 10.3 Å². The molecule has 21 heavy (non-hydrogen) atoms.